The minimum Gasteiger partial charge on any atom is -0.324 e. The number of nitrogens with one attached hydrogen (secondary N) is 1. The highest BCUT2D eigenvalue weighted by atomic mass is 32.1. The molecule has 0 saturated carbocycles. The van der Waals surface area contributed by atoms with Gasteiger partial charge in [-0.1, -0.05) is 25.1 Å². The average molecular weight is 364 g/mol. The van der Waals surface area contributed by atoms with Gasteiger partial charge in [0.25, 0.3) is 5.56 Å². The summed E-state index contributed by atoms with van der Waals surface area (Å²) >= 11 is 1.30. The summed E-state index contributed by atoms with van der Waals surface area (Å²) < 4.78 is 1.85. The highest BCUT2D eigenvalue weighted by molar-refractivity contribution is 7.25. The number of anilines is 1. The number of fused-ring (bicyclic) bond motifs is 3. The van der Waals surface area contributed by atoms with Gasteiger partial charge in [-0.3, -0.25) is 14.2 Å². The summed E-state index contributed by atoms with van der Waals surface area (Å²) in [4.78, 5) is 34.6. The van der Waals surface area contributed by atoms with E-state index in [9.17, 15) is 9.59 Å². The molecule has 1 N–H and O–H groups in total. The molecule has 6 nitrogen and oxygen atoms in total. The fourth-order valence-electron chi connectivity index (χ4n) is 2.91. The molecule has 0 aliphatic rings. The highest BCUT2D eigenvalue weighted by Gasteiger charge is 2.14. The molecule has 0 atom stereocenters. The largest absolute Gasteiger partial charge is 0.324 e. The molecule has 0 aliphatic heterocycles. The fraction of sp³-hybridized carbons (Fsp3) is 0.158. The number of aromatic nitrogens is 3. The Bertz CT molecular complexity index is 1180. The van der Waals surface area contributed by atoms with Crippen molar-refractivity contribution in [3.63, 3.8) is 0 Å². The second-order valence-electron chi connectivity index (χ2n) is 5.87. The van der Waals surface area contributed by atoms with E-state index in [0.717, 1.165) is 27.9 Å². The van der Waals surface area contributed by atoms with E-state index in [0.29, 0.717) is 10.2 Å². The van der Waals surface area contributed by atoms with Crippen molar-refractivity contribution in [2.24, 2.45) is 0 Å². The lowest BCUT2D eigenvalue weighted by atomic mass is 10.1. The van der Waals surface area contributed by atoms with E-state index >= 15 is 0 Å². The van der Waals surface area contributed by atoms with Gasteiger partial charge in [-0.15, -0.1) is 11.3 Å². The number of carbonyl (C=O) groups is 1. The zero-order valence-electron chi connectivity index (χ0n) is 14.1. The molecule has 0 radical (unpaired) electrons. The summed E-state index contributed by atoms with van der Waals surface area (Å²) in [5, 5.41) is 3.74. The average Bonchev–Trinajstić information content (AvgIpc) is 3.04. The van der Waals surface area contributed by atoms with Gasteiger partial charge in [-0.2, -0.15) is 0 Å². The summed E-state index contributed by atoms with van der Waals surface area (Å²) in [5.41, 5.74) is 2.23. The second-order valence-corrected chi connectivity index (χ2v) is 6.87. The normalized spacial score (nSPS) is 11.1. The predicted molar refractivity (Wildman–Crippen MR) is 104 cm³/mol. The van der Waals surface area contributed by atoms with Crippen LogP contribution in [0.5, 0.6) is 0 Å². The number of carbonyl (C=O) groups excluding carboxylic acids is 1. The first-order valence-electron chi connectivity index (χ1n) is 8.28. The van der Waals surface area contributed by atoms with Crippen LogP contribution < -0.4 is 10.9 Å². The molecule has 4 rings (SSSR count). The monoisotopic (exact) mass is 364 g/mol. The van der Waals surface area contributed by atoms with Crippen LogP contribution in [0.15, 0.2) is 53.7 Å². The molecular formula is C19H16N4O2S. The van der Waals surface area contributed by atoms with E-state index in [1.807, 2.05) is 43.3 Å². The number of hydrogen-bond donors (Lipinski definition) is 1. The SMILES string of the molecule is CCc1ccccc1NC(=O)Cn1cnc2c(sc3ncccc32)c1=O. The summed E-state index contributed by atoms with van der Waals surface area (Å²) in [6, 6.07) is 11.4. The summed E-state index contributed by atoms with van der Waals surface area (Å²) in [6.07, 6.45) is 3.93. The Balaban J connectivity index is 1.65. The third-order valence-corrected chi connectivity index (χ3v) is 5.30. The summed E-state index contributed by atoms with van der Waals surface area (Å²) in [5.74, 6) is -0.256. The third kappa shape index (κ3) is 2.86. The molecule has 3 heterocycles. The van der Waals surface area contributed by atoms with E-state index in [1.54, 1.807) is 6.20 Å². The Kier molecular flexibility index (Phi) is 4.22. The predicted octanol–water partition coefficient (Wildman–Crippen LogP) is 3.21. The summed E-state index contributed by atoms with van der Waals surface area (Å²) in [7, 11) is 0. The fourth-order valence-corrected chi connectivity index (χ4v) is 3.96. The maximum Gasteiger partial charge on any atom is 0.271 e. The molecule has 4 aromatic rings. The van der Waals surface area contributed by atoms with E-state index in [1.165, 1.54) is 22.2 Å². The van der Waals surface area contributed by atoms with Crippen molar-refractivity contribution in [1.29, 1.82) is 0 Å². The van der Waals surface area contributed by atoms with Gasteiger partial charge in [0.05, 0.1) is 11.8 Å². The number of amides is 1. The van der Waals surface area contributed by atoms with E-state index in [2.05, 4.69) is 15.3 Å². The quantitative estimate of drug-likeness (QED) is 0.603. The van der Waals surface area contributed by atoms with Gasteiger partial charge >= 0.3 is 0 Å². The van der Waals surface area contributed by atoms with Crippen LogP contribution >= 0.6 is 11.3 Å². The highest BCUT2D eigenvalue weighted by Crippen LogP contribution is 2.27. The molecule has 0 aliphatic carbocycles. The number of aryl methyl sites for hydroxylation is 1. The van der Waals surface area contributed by atoms with Crippen molar-refractivity contribution in [3.05, 3.63) is 64.8 Å². The number of pyridine rings is 1. The minimum atomic E-state index is -0.256. The molecule has 0 bridgehead atoms. The number of para-hydroxylation sites is 1. The van der Waals surface area contributed by atoms with Crippen LogP contribution in [0.2, 0.25) is 0 Å². The van der Waals surface area contributed by atoms with Gasteiger partial charge in [0, 0.05) is 17.3 Å². The zero-order valence-corrected chi connectivity index (χ0v) is 14.9. The lowest BCUT2D eigenvalue weighted by molar-refractivity contribution is -0.116. The number of rotatable bonds is 4. The summed E-state index contributed by atoms with van der Waals surface area (Å²) in [6.45, 7) is 1.95. The van der Waals surface area contributed by atoms with Crippen molar-refractivity contribution < 1.29 is 4.79 Å². The first-order valence-corrected chi connectivity index (χ1v) is 9.09. The molecule has 0 spiro atoms. The molecule has 130 valence electrons. The molecule has 0 fully saturated rings. The first kappa shape index (κ1) is 16.4. The lowest BCUT2D eigenvalue weighted by Crippen LogP contribution is -2.27. The molecule has 0 saturated heterocycles. The van der Waals surface area contributed by atoms with E-state index in [-0.39, 0.29) is 18.0 Å². The van der Waals surface area contributed by atoms with Crippen LogP contribution in [0.1, 0.15) is 12.5 Å². The molecule has 1 amide bonds. The van der Waals surface area contributed by atoms with Gasteiger partial charge < -0.3 is 5.32 Å². The molecule has 0 unspecified atom stereocenters. The number of hydrogen-bond acceptors (Lipinski definition) is 5. The maximum absolute atomic E-state index is 12.7. The number of nitrogens with zero attached hydrogens (tertiary/aromatic N) is 3. The number of benzene rings is 1. The zero-order chi connectivity index (χ0) is 18.1. The van der Waals surface area contributed by atoms with Crippen molar-refractivity contribution in [2.75, 3.05) is 5.32 Å². The molecule has 26 heavy (non-hydrogen) atoms. The first-order chi connectivity index (χ1) is 12.7. The van der Waals surface area contributed by atoms with Crippen molar-refractivity contribution >= 4 is 43.4 Å². The Hall–Kier alpha value is -3.06. The molecular weight excluding hydrogens is 348 g/mol. The standard InChI is InChI=1S/C19H16N4O2S/c1-2-12-6-3-4-8-14(12)22-15(24)10-23-11-21-16-13-7-5-9-20-18(13)26-17(16)19(23)25/h3-9,11H,2,10H2,1H3,(H,22,24). The molecule has 1 aromatic carbocycles. The Morgan fingerprint density at radius 1 is 1.19 bits per heavy atom. The topological polar surface area (TPSA) is 76.9 Å². The molecule has 7 heteroatoms. The van der Waals surface area contributed by atoms with E-state index in [4.69, 9.17) is 0 Å². The van der Waals surface area contributed by atoms with Crippen LogP contribution in [0, 0.1) is 0 Å². The number of thiophene rings is 1. The Labute approximate surface area is 153 Å². The lowest BCUT2D eigenvalue weighted by Gasteiger charge is -2.10. The van der Waals surface area contributed by atoms with Gasteiger partial charge in [-0.25, -0.2) is 9.97 Å². The maximum atomic E-state index is 12.7. The van der Waals surface area contributed by atoms with E-state index < -0.39 is 0 Å². The van der Waals surface area contributed by atoms with Gasteiger partial charge in [0.2, 0.25) is 5.91 Å². The van der Waals surface area contributed by atoms with Gasteiger partial charge in [0.15, 0.2) is 0 Å². The molecule has 3 aromatic heterocycles. The Morgan fingerprint density at radius 3 is 2.88 bits per heavy atom. The Morgan fingerprint density at radius 2 is 2.04 bits per heavy atom. The van der Waals surface area contributed by atoms with Crippen LogP contribution in [0.25, 0.3) is 20.4 Å². The van der Waals surface area contributed by atoms with Crippen LogP contribution in [0.3, 0.4) is 0 Å². The van der Waals surface area contributed by atoms with Crippen LogP contribution in [0.4, 0.5) is 5.69 Å². The smallest absolute Gasteiger partial charge is 0.271 e. The second kappa shape index (κ2) is 6.68. The van der Waals surface area contributed by atoms with Crippen molar-refractivity contribution in [2.45, 2.75) is 19.9 Å². The minimum absolute atomic E-state index is 0.0818. The van der Waals surface area contributed by atoms with Crippen molar-refractivity contribution in [1.82, 2.24) is 14.5 Å². The van der Waals surface area contributed by atoms with Crippen LogP contribution in [-0.4, -0.2) is 20.4 Å². The van der Waals surface area contributed by atoms with Gasteiger partial charge in [-0.05, 0) is 30.2 Å². The van der Waals surface area contributed by atoms with Crippen LogP contribution in [-0.2, 0) is 17.8 Å². The van der Waals surface area contributed by atoms with Crippen molar-refractivity contribution in [3.8, 4) is 0 Å². The van der Waals surface area contributed by atoms with Gasteiger partial charge in [0.1, 0.15) is 16.1 Å². The third-order valence-electron chi connectivity index (χ3n) is 4.21.